The summed E-state index contributed by atoms with van der Waals surface area (Å²) in [7, 11) is 0. The molecule has 1 saturated carbocycles. The van der Waals surface area contributed by atoms with Crippen LogP contribution >= 0.6 is 0 Å². The highest BCUT2D eigenvalue weighted by Crippen LogP contribution is 2.32. The molecule has 2 rings (SSSR count). The number of phenolic OH excluding ortho intramolecular Hbond substituents is 1. The molecule has 1 aliphatic carbocycles. The summed E-state index contributed by atoms with van der Waals surface area (Å²) in [5.41, 5.74) is 0.329. The van der Waals surface area contributed by atoms with E-state index in [0.29, 0.717) is 24.1 Å². The molecule has 0 bridgehead atoms. The van der Waals surface area contributed by atoms with Crippen molar-refractivity contribution in [3.8, 4) is 5.75 Å². The van der Waals surface area contributed by atoms with Gasteiger partial charge in [0, 0.05) is 18.2 Å². The Morgan fingerprint density at radius 1 is 1.14 bits per heavy atom. The fourth-order valence-electron chi connectivity index (χ4n) is 4.37. The second-order valence-corrected chi connectivity index (χ2v) is 10.4. The number of alkyl carbamates (subject to hydrolysis) is 1. The Bertz CT molecular complexity index is 859. The van der Waals surface area contributed by atoms with Crippen molar-refractivity contribution in [2.75, 3.05) is 13.1 Å². The number of carbonyl (C=O) groups is 3. The molecule has 3 amide bonds. The third kappa shape index (κ3) is 9.07. The summed E-state index contributed by atoms with van der Waals surface area (Å²) >= 11 is 0. The molecule has 1 aromatic rings. The zero-order chi connectivity index (χ0) is 26.0. The maximum absolute atomic E-state index is 13.7. The normalized spacial score (nSPS) is 15.2. The maximum atomic E-state index is 13.7. The number of benzene rings is 1. The number of unbranched alkanes of at least 4 members (excludes halogenated alkanes) is 2. The van der Waals surface area contributed by atoms with Gasteiger partial charge in [0.25, 0.3) is 0 Å². The first kappa shape index (κ1) is 28.5. The van der Waals surface area contributed by atoms with Gasteiger partial charge >= 0.3 is 6.09 Å². The van der Waals surface area contributed by atoms with Gasteiger partial charge in [0.2, 0.25) is 11.8 Å². The van der Waals surface area contributed by atoms with Crippen LogP contribution in [0.3, 0.4) is 0 Å². The number of rotatable bonds is 10. The largest absolute Gasteiger partial charge is 0.507 e. The standard InChI is InChI=1S/C27H43N3O5/c1-6-7-11-17-30(22(31)18-28-26(34)35-27(3,4)5)23(21-16-12-13-19(2)24(21)32)25(33)29-20-14-9-8-10-15-20/h12-13,16,20,23,32H,6-11,14-15,17-18H2,1-5H3,(H,28,34)(H,29,33). The first-order chi connectivity index (χ1) is 16.5. The summed E-state index contributed by atoms with van der Waals surface area (Å²) in [4.78, 5) is 40.7. The second-order valence-electron chi connectivity index (χ2n) is 10.4. The predicted molar refractivity (Wildman–Crippen MR) is 136 cm³/mol. The third-order valence-corrected chi connectivity index (χ3v) is 6.18. The van der Waals surface area contributed by atoms with Crippen molar-refractivity contribution < 1.29 is 24.2 Å². The molecule has 1 aromatic carbocycles. The molecule has 0 heterocycles. The van der Waals surface area contributed by atoms with Gasteiger partial charge in [-0.15, -0.1) is 0 Å². The highest BCUT2D eigenvalue weighted by Gasteiger charge is 2.34. The average Bonchev–Trinajstić information content (AvgIpc) is 2.79. The third-order valence-electron chi connectivity index (χ3n) is 6.18. The van der Waals surface area contributed by atoms with Crippen molar-refractivity contribution in [2.45, 2.75) is 104 Å². The van der Waals surface area contributed by atoms with Crippen LogP contribution in [0.2, 0.25) is 0 Å². The van der Waals surface area contributed by atoms with E-state index in [9.17, 15) is 19.5 Å². The van der Waals surface area contributed by atoms with Crippen molar-refractivity contribution in [3.05, 3.63) is 29.3 Å². The number of hydrogen-bond donors (Lipinski definition) is 3. The molecule has 1 unspecified atom stereocenters. The lowest BCUT2D eigenvalue weighted by molar-refractivity contribution is -0.140. The van der Waals surface area contributed by atoms with Crippen molar-refractivity contribution in [2.24, 2.45) is 0 Å². The van der Waals surface area contributed by atoms with Gasteiger partial charge in [-0.2, -0.15) is 0 Å². The van der Waals surface area contributed by atoms with Gasteiger partial charge in [0.05, 0.1) is 0 Å². The first-order valence-electron chi connectivity index (χ1n) is 12.9. The molecule has 0 aromatic heterocycles. The molecule has 0 radical (unpaired) electrons. The van der Waals surface area contributed by atoms with Crippen molar-refractivity contribution in [3.63, 3.8) is 0 Å². The van der Waals surface area contributed by atoms with Gasteiger partial charge in [0.15, 0.2) is 0 Å². The van der Waals surface area contributed by atoms with E-state index in [4.69, 9.17) is 4.74 Å². The van der Waals surface area contributed by atoms with Gasteiger partial charge in [-0.25, -0.2) is 4.79 Å². The second kappa shape index (κ2) is 13.4. The van der Waals surface area contributed by atoms with Crippen molar-refractivity contribution in [1.82, 2.24) is 15.5 Å². The van der Waals surface area contributed by atoms with Crippen LogP contribution in [0.5, 0.6) is 5.75 Å². The molecular weight excluding hydrogens is 446 g/mol. The Balaban J connectivity index is 2.33. The molecule has 35 heavy (non-hydrogen) atoms. The molecule has 0 aliphatic heterocycles. The van der Waals surface area contributed by atoms with Crippen LogP contribution in [-0.2, 0) is 14.3 Å². The number of nitrogens with one attached hydrogen (secondary N) is 2. The Morgan fingerprint density at radius 3 is 2.46 bits per heavy atom. The van der Waals surface area contributed by atoms with Crippen LogP contribution in [0.1, 0.15) is 96.2 Å². The maximum Gasteiger partial charge on any atom is 0.408 e. The lowest BCUT2D eigenvalue weighted by Gasteiger charge is -2.34. The molecule has 1 fully saturated rings. The Labute approximate surface area is 209 Å². The van der Waals surface area contributed by atoms with Gasteiger partial charge in [-0.3, -0.25) is 9.59 Å². The van der Waals surface area contributed by atoms with E-state index >= 15 is 0 Å². The number of amides is 3. The number of nitrogens with zero attached hydrogens (tertiary/aromatic N) is 1. The monoisotopic (exact) mass is 489 g/mol. The Hall–Kier alpha value is -2.77. The van der Waals surface area contributed by atoms with Gasteiger partial charge in [-0.05, 0) is 52.5 Å². The van der Waals surface area contributed by atoms with E-state index in [1.807, 2.05) is 0 Å². The van der Waals surface area contributed by atoms with E-state index in [1.165, 1.54) is 4.90 Å². The smallest absolute Gasteiger partial charge is 0.408 e. The van der Waals surface area contributed by atoms with E-state index in [1.54, 1.807) is 45.9 Å². The van der Waals surface area contributed by atoms with Crippen LogP contribution in [-0.4, -0.2) is 52.6 Å². The summed E-state index contributed by atoms with van der Waals surface area (Å²) in [5, 5.41) is 16.5. The number of aromatic hydroxyl groups is 1. The Morgan fingerprint density at radius 2 is 1.83 bits per heavy atom. The topological polar surface area (TPSA) is 108 Å². The summed E-state index contributed by atoms with van der Waals surface area (Å²) in [5.74, 6) is -0.707. The molecule has 196 valence electrons. The fraction of sp³-hybridized carbons (Fsp3) is 0.667. The summed E-state index contributed by atoms with van der Waals surface area (Å²) in [6, 6.07) is 4.29. The number of carbonyl (C=O) groups excluding carboxylic acids is 3. The molecule has 0 spiro atoms. The summed E-state index contributed by atoms with van der Waals surface area (Å²) < 4.78 is 5.25. The SMILES string of the molecule is CCCCCN(C(=O)CNC(=O)OC(C)(C)C)C(C(=O)NC1CCCCC1)c1cccc(C)c1O. The molecule has 8 heteroatoms. The minimum Gasteiger partial charge on any atom is -0.507 e. The van der Waals surface area contributed by atoms with Crippen LogP contribution in [0.15, 0.2) is 18.2 Å². The fourth-order valence-corrected chi connectivity index (χ4v) is 4.37. The van der Waals surface area contributed by atoms with E-state index in [-0.39, 0.29) is 24.2 Å². The minimum absolute atomic E-state index is 0.00434. The first-order valence-corrected chi connectivity index (χ1v) is 12.9. The number of phenols is 1. The summed E-state index contributed by atoms with van der Waals surface area (Å²) in [6.45, 7) is 9.10. The lowest BCUT2D eigenvalue weighted by Crippen LogP contribution is -2.50. The van der Waals surface area contributed by atoms with Gasteiger partial charge in [0.1, 0.15) is 23.9 Å². The number of aryl methyl sites for hydroxylation is 1. The zero-order valence-corrected chi connectivity index (χ0v) is 22.0. The quantitative estimate of drug-likeness (QED) is 0.412. The molecule has 1 atom stereocenters. The van der Waals surface area contributed by atoms with Crippen LogP contribution < -0.4 is 10.6 Å². The molecule has 0 saturated heterocycles. The molecule has 3 N–H and O–H groups in total. The van der Waals surface area contributed by atoms with Crippen molar-refractivity contribution in [1.29, 1.82) is 0 Å². The van der Waals surface area contributed by atoms with Crippen LogP contribution in [0.4, 0.5) is 4.79 Å². The van der Waals surface area contributed by atoms with Crippen LogP contribution in [0, 0.1) is 6.92 Å². The summed E-state index contributed by atoms with van der Waals surface area (Å²) in [6.07, 6.45) is 6.94. The van der Waals surface area contributed by atoms with Gasteiger partial charge in [-0.1, -0.05) is 57.2 Å². The minimum atomic E-state index is -0.999. The highest BCUT2D eigenvalue weighted by molar-refractivity contribution is 5.91. The van der Waals surface area contributed by atoms with Crippen molar-refractivity contribution >= 4 is 17.9 Å². The molecule has 8 nitrogen and oxygen atoms in total. The van der Waals surface area contributed by atoms with E-state index in [2.05, 4.69) is 17.6 Å². The number of ether oxygens (including phenoxy) is 1. The van der Waals surface area contributed by atoms with Gasteiger partial charge < -0.3 is 25.4 Å². The number of para-hydroxylation sites is 1. The highest BCUT2D eigenvalue weighted by atomic mass is 16.6. The Kier molecular flexibility index (Phi) is 10.9. The molecule has 1 aliphatic rings. The van der Waals surface area contributed by atoms with E-state index < -0.39 is 23.6 Å². The van der Waals surface area contributed by atoms with Crippen LogP contribution in [0.25, 0.3) is 0 Å². The predicted octanol–water partition coefficient (Wildman–Crippen LogP) is 4.73. The molecular formula is C27H43N3O5. The average molecular weight is 490 g/mol. The lowest BCUT2D eigenvalue weighted by atomic mass is 9.94. The number of hydrogen-bond acceptors (Lipinski definition) is 5. The zero-order valence-electron chi connectivity index (χ0n) is 22.0. The van der Waals surface area contributed by atoms with E-state index in [0.717, 1.165) is 44.9 Å².